The van der Waals surface area contributed by atoms with Crippen LogP contribution in [0, 0.1) is 5.92 Å². The van der Waals surface area contributed by atoms with Gasteiger partial charge in [0.25, 0.3) is 0 Å². The van der Waals surface area contributed by atoms with Crippen LogP contribution in [0.3, 0.4) is 0 Å². The number of carboxylic acid groups (broad SMARTS) is 1. The van der Waals surface area contributed by atoms with Crippen molar-refractivity contribution in [3.63, 3.8) is 0 Å². The van der Waals surface area contributed by atoms with E-state index in [4.69, 9.17) is 4.74 Å². The zero-order chi connectivity index (χ0) is 24.1. The molecule has 7 nitrogen and oxygen atoms in total. The fourth-order valence-electron chi connectivity index (χ4n) is 5.01. The van der Waals surface area contributed by atoms with Crippen molar-refractivity contribution in [3.8, 4) is 11.1 Å². The predicted molar refractivity (Wildman–Crippen MR) is 128 cm³/mol. The Morgan fingerprint density at radius 1 is 1.06 bits per heavy atom. The van der Waals surface area contributed by atoms with E-state index in [2.05, 4.69) is 29.6 Å². The first-order valence-electron chi connectivity index (χ1n) is 12.1. The van der Waals surface area contributed by atoms with E-state index in [1.54, 1.807) is 0 Å². The van der Waals surface area contributed by atoms with E-state index in [9.17, 15) is 19.5 Å². The number of carbonyl (C=O) groups excluding carboxylic acids is 2. The summed E-state index contributed by atoms with van der Waals surface area (Å²) in [6.45, 7) is 3.12. The minimum atomic E-state index is -0.932. The van der Waals surface area contributed by atoms with Crippen molar-refractivity contribution in [2.45, 2.75) is 51.0 Å². The molecule has 7 heteroatoms. The monoisotopic (exact) mass is 464 g/mol. The van der Waals surface area contributed by atoms with Gasteiger partial charge in [0.05, 0.1) is 0 Å². The molecule has 2 N–H and O–H groups in total. The van der Waals surface area contributed by atoms with Crippen molar-refractivity contribution < 1.29 is 24.2 Å². The molecule has 4 rings (SSSR count). The smallest absolute Gasteiger partial charge is 0.407 e. The molecule has 2 atom stereocenters. The lowest BCUT2D eigenvalue weighted by Gasteiger charge is -2.33. The molecule has 0 aromatic heterocycles. The van der Waals surface area contributed by atoms with Gasteiger partial charge in [0.15, 0.2) is 0 Å². The lowest BCUT2D eigenvalue weighted by Crippen LogP contribution is -2.48. The van der Waals surface area contributed by atoms with Gasteiger partial charge in [-0.2, -0.15) is 0 Å². The molecule has 2 aromatic rings. The highest BCUT2D eigenvalue weighted by molar-refractivity contribution is 5.84. The molecule has 2 aliphatic rings. The molecule has 2 aromatic carbocycles. The summed E-state index contributed by atoms with van der Waals surface area (Å²) in [7, 11) is 0. The fraction of sp³-hybridized carbons (Fsp3) is 0.444. The molecule has 2 amide bonds. The summed E-state index contributed by atoms with van der Waals surface area (Å²) in [5.74, 6) is -0.976. The predicted octanol–water partition coefficient (Wildman–Crippen LogP) is 4.41. The summed E-state index contributed by atoms with van der Waals surface area (Å²) in [6.07, 6.45) is 2.57. The van der Waals surface area contributed by atoms with E-state index in [1.165, 1.54) is 27.2 Å². The molecule has 1 saturated heterocycles. The SMILES string of the molecule is CC(CCC(=O)N1CCCCC1C(=O)O)CNC(=O)OCC1c2ccccc2-c2ccccc21. The second-order valence-electron chi connectivity index (χ2n) is 9.29. The molecule has 180 valence electrons. The molecule has 1 aliphatic carbocycles. The first-order chi connectivity index (χ1) is 16.5. The maximum atomic E-state index is 12.6. The summed E-state index contributed by atoms with van der Waals surface area (Å²) in [6, 6.07) is 15.7. The Morgan fingerprint density at radius 3 is 2.35 bits per heavy atom. The second-order valence-corrected chi connectivity index (χ2v) is 9.29. The zero-order valence-corrected chi connectivity index (χ0v) is 19.5. The van der Waals surface area contributed by atoms with Crippen molar-refractivity contribution in [1.82, 2.24) is 10.2 Å². The van der Waals surface area contributed by atoms with Gasteiger partial charge in [-0.3, -0.25) is 4.79 Å². The molecule has 1 fully saturated rings. The van der Waals surface area contributed by atoms with Crippen LogP contribution in [-0.2, 0) is 14.3 Å². The molecular formula is C27H32N2O5. The Balaban J connectivity index is 1.22. The van der Waals surface area contributed by atoms with Crippen LogP contribution < -0.4 is 5.32 Å². The summed E-state index contributed by atoms with van der Waals surface area (Å²) >= 11 is 0. The zero-order valence-electron chi connectivity index (χ0n) is 19.5. The number of fused-ring (bicyclic) bond motifs is 3. The molecular weight excluding hydrogens is 432 g/mol. The maximum Gasteiger partial charge on any atom is 0.407 e. The maximum absolute atomic E-state index is 12.6. The van der Waals surface area contributed by atoms with Crippen LogP contribution in [0.1, 0.15) is 56.1 Å². The largest absolute Gasteiger partial charge is 0.480 e. The van der Waals surface area contributed by atoms with Crippen molar-refractivity contribution >= 4 is 18.0 Å². The quantitative estimate of drug-likeness (QED) is 0.603. The van der Waals surface area contributed by atoms with Crippen LogP contribution in [0.25, 0.3) is 11.1 Å². The van der Waals surface area contributed by atoms with Crippen molar-refractivity contribution in [2.75, 3.05) is 19.7 Å². The van der Waals surface area contributed by atoms with Gasteiger partial charge in [0.1, 0.15) is 12.6 Å². The number of likely N-dealkylation sites (tertiary alicyclic amines) is 1. The van der Waals surface area contributed by atoms with Crippen LogP contribution in [0.4, 0.5) is 4.79 Å². The van der Waals surface area contributed by atoms with Gasteiger partial charge in [-0.15, -0.1) is 0 Å². The van der Waals surface area contributed by atoms with Crippen LogP contribution >= 0.6 is 0 Å². The number of amides is 2. The highest BCUT2D eigenvalue weighted by Gasteiger charge is 2.32. The van der Waals surface area contributed by atoms with Gasteiger partial charge in [-0.05, 0) is 53.9 Å². The highest BCUT2D eigenvalue weighted by atomic mass is 16.5. The highest BCUT2D eigenvalue weighted by Crippen LogP contribution is 2.44. The van der Waals surface area contributed by atoms with Gasteiger partial charge in [-0.25, -0.2) is 9.59 Å². The molecule has 1 aliphatic heterocycles. The number of carboxylic acids is 1. The first kappa shape index (κ1) is 23.8. The summed E-state index contributed by atoms with van der Waals surface area (Å²) < 4.78 is 5.56. The van der Waals surface area contributed by atoms with E-state index in [1.807, 2.05) is 31.2 Å². The molecule has 2 unspecified atom stereocenters. The van der Waals surface area contributed by atoms with E-state index >= 15 is 0 Å². The van der Waals surface area contributed by atoms with E-state index in [0.29, 0.717) is 25.9 Å². The molecule has 0 spiro atoms. The van der Waals surface area contributed by atoms with E-state index < -0.39 is 18.1 Å². The first-order valence-corrected chi connectivity index (χ1v) is 12.1. The molecule has 0 radical (unpaired) electrons. The van der Waals surface area contributed by atoms with Crippen LogP contribution in [-0.4, -0.2) is 53.7 Å². The third kappa shape index (κ3) is 5.24. The number of carbonyl (C=O) groups is 3. The average Bonchev–Trinajstić information content (AvgIpc) is 3.18. The normalized spacial score (nSPS) is 18.0. The Morgan fingerprint density at radius 2 is 1.71 bits per heavy atom. The molecule has 34 heavy (non-hydrogen) atoms. The number of alkyl carbamates (subject to hydrolysis) is 1. The van der Waals surface area contributed by atoms with Gasteiger partial charge >= 0.3 is 12.1 Å². The number of aliphatic carboxylic acids is 1. The van der Waals surface area contributed by atoms with E-state index in [-0.39, 0.29) is 30.8 Å². The number of rotatable bonds is 8. The Bertz CT molecular complexity index is 1010. The van der Waals surface area contributed by atoms with E-state index in [0.717, 1.165) is 12.8 Å². The van der Waals surface area contributed by atoms with Crippen molar-refractivity contribution in [3.05, 3.63) is 59.7 Å². The minimum Gasteiger partial charge on any atom is -0.480 e. The summed E-state index contributed by atoms with van der Waals surface area (Å²) in [5, 5.41) is 12.2. The Hall–Kier alpha value is -3.35. The average molecular weight is 465 g/mol. The topological polar surface area (TPSA) is 95.9 Å². The number of ether oxygens (including phenoxy) is 1. The number of hydrogen-bond donors (Lipinski definition) is 2. The van der Waals surface area contributed by atoms with Crippen LogP contribution in [0.15, 0.2) is 48.5 Å². The van der Waals surface area contributed by atoms with Gasteiger partial charge < -0.3 is 20.1 Å². The second kappa shape index (κ2) is 10.7. The summed E-state index contributed by atoms with van der Waals surface area (Å²) in [4.78, 5) is 37.8. The van der Waals surface area contributed by atoms with Gasteiger partial charge in [-0.1, -0.05) is 55.5 Å². The van der Waals surface area contributed by atoms with Crippen molar-refractivity contribution in [2.24, 2.45) is 5.92 Å². The number of benzene rings is 2. The Labute approximate surface area is 200 Å². The standard InChI is InChI=1S/C27H32N2O5/c1-18(13-14-25(30)29-15-7-6-12-24(29)26(31)32)16-28-27(33)34-17-23-21-10-4-2-8-19(21)20-9-3-5-11-22(20)23/h2-5,8-11,18,23-24H,6-7,12-17H2,1H3,(H,28,33)(H,31,32). The molecule has 0 bridgehead atoms. The number of nitrogens with one attached hydrogen (secondary N) is 1. The van der Waals surface area contributed by atoms with Gasteiger partial charge in [0, 0.05) is 25.4 Å². The van der Waals surface area contributed by atoms with Crippen LogP contribution in [0.2, 0.25) is 0 Å². The van der Waals surface area contributed by atoms with Crippen LogP contribution in [0.5, 0.6) is 0 Å². The lowest BCUT2D eigenvalue weighted by atomic mass is 9.98. The lowest BCUT2D eigenvalue weighted by molar-refractivity contribution is -0.152. The number of hydrogen-bond acceptors (Lipinski definition) is 4. The third-order valence-electron chi connectivity index (χ3n) is 6.90. The Kier molecular flexibility index (Phi) is 7.50. The number of piperidine rings is 1. The third-order valence-corrected chi connectivity index (χ3v) is 6.90. The summed E-state index contributed by atoms with van der Waals surface area (Å²) in [5.41, 5.74) is 4.70. The number of nitrogens with zero attached hydrogens (tertiary/aromatic N) is 1. The fourth-order valence-corrected chi connectivity index (χ4v) is 5.01. The van der Waals surface area contributed by atoms with Crippen molar-refractivity contribution in [1.29, 1.82) is 0 Å². The molecule has 0 saturated carbocycles. The molecule has 1 heterocycles. The van der Waals surface area contributed by atoms with Gasteiger partial charge in [0.2, 0.25) is 5.91 Å². The minimum absolute atomic E-state index is 0.0138.